The number of amides is 1. The Morgan fingerprint density at radius 3 is 2.59 bits per heavy atom. The fourth-order valence-corrected chi connectivity index (χ4v) is 2.58. The maximum Gasteiger partial charge on any atom is 0.405 e. The molecule has 0 saturated heterocycles. The van der Waals surface area contributed by atoms with Crippen molar-refractivity contribution in [3.63, 3.8) is 0 Å². The van der Waals surface area contributed by atoms with Crippen LogP contribution in [0.15, 0.2) is 42.5 Å². The van der Waals surface area contributed by atoms with Crippen molar-refractivity contribution in [1.29, 1.82) is 0 Å². The molecule has 0 radical (unpaired) electrons. The van der Waals surface area contributed by atoms with Crippen LogP contribution in [0.25, 0.3) is 11.1 Å². The second kappa shape index (κ2) is 5.97. The second-order valence-corrected chi connectivity index (χ2v) is 5.04. The Morgan fingerprint density at radius 1 is 1.18 bits per heavy atom. The summed E-state index contributed by atoms with van der Waals surface area (Å²) in [5.74, 6) is 1.54. The Kier molecular flexibility index (Phi) is 3.87. The summed E-state index contributed by atoms with van der Waals surface area (Å²) in [7, 11) is 1.64. The zero-order chi connectivity index (χ0) is 15.5. The van der Waals surface area contributed by atoms with Crippen molar-refractivity contribution in [3.8, 4) is 22.6 Å². The molecule has 0 fully saturated rings. The van der Waals surface area contributed by atoms with Gasteiger partial charge in [-0.05, 0) is 29.3 Å². The van der Waals surface area contributed by atoms with Gasteiger partial charge in [-0.2, -0.15) is 0 Å². The molecule has 5 nitrogen and oxygen atoms in total. The number of carbonyl (C=O) groups is 1. The third-order valence-electron chi connectivity index (χ3n) is 3.68. The van der Waals surface area contributed by atoms with Crippen molar-refractivity contribution in [1.82, 2.24) is 0 Å². The average molecular weight is 299 g/mol. The number of hydrogen-bond donors (Lipinski definition) is 1. The lowest BCUT2D eigenvalue weighted by molar-refractivity contribution is 0.0766. The molecule has 2 aromatic rings. The largest absolute Gasteiger partial charge is 0.497 e. The Morgan fingerprint density at radius 2 is 1.91 bits per heavy atom. The first-order chi connectivity index (χ1) is 10.7. The summed E-state index contributed by atoms with van der Waals surface area (Å²) in [4.78, 5) is 11.0. The zero-order valence-electron chi connectivity index (χ0n) is 12.2. The molecule has 1 heterocycles. The number of rotatable bonds is 3. The van der Waals surface area contributed by atoms with Crippen LogP contribution in [0.1, 0.15) is 18.1 Å². The van der Waals surface area contributed by atoms with Gasteiger partial charge in [0.2, 0.25) is 0 Å². The van der Waals surface area contributed by atoms with Crippen LogP contribution >= 0.6 is 0 Å². The van der Waals surface area contributed by atoms with E-state index < -0.39 is 6.09 Å². The van der Waals surface area contributed by atoms with E-state index in [1.807, 2.05) is 42.5 Å². The fraction of sp³-hybridized carbons (Fsp3) is 0.235. The van der Waals surface area contributed by atoms with Crippen LogP contribution in [-0.2, 0) is 4.74 Å². The van der Waals surface area contributed by atoms with E-state index in [9.17, 15) is 4.79 Å². The van der Waals surface area contributed by atoms with E-state index in [0.29, 0.717) is 13.0 Å². The van der Waals surface area contributed by atoms with E-state index in [2.05, 4.69) is 0 Å². The summed E-state index contributed by atoms with van der Waals surface area (Å²) in [5, 5.41) is 0. The molecular formula is C17H17NO4. The van der Waals surface area contributed by atoms with Gasteiger partial charge in [0.1, 0.15) is 17.6 Å². The lowest BCUT2D eigenvalue weighted by Crippen LogP contribution is -2.22. The van der Waals surface area contributed by atoms with Crippen LogP contribution in [0, 0.1) is 0 Å². The van der Waals surface area contributed by atoms with Crippen molar-refractivity contribution >= 4 is 6.09 Å². The van der Waals surface area contributed by atoms with E-state index in [1.54, 1.807) is 7.11 Å². The Bertz CT molecular complexity index is 682. The Balaban J connectivity index is 1.91. The minimum atomic E-state index is -0.767. The SMILES string of the molecule is COc1ccc(-c2ccc3c(c2)OCCC3OC(N)=O)cc1. The van der Waals surface area contributed by atoms with Gasteiger partial charge < -0.3 is 19.9 Å². The first kappa shape index (κ1) is 14.3. The molecule has 22 heavy (non-hydrogen) atoms. The zero-order valence-corrected chi connectivity index (χ0v) is 12.2. The maximum atomic E-state index is 11.0. The predicted molar refractivity (Wildman–Crippen MR) is 82.0 cm³/mol. The van der Waals surface area contributed by atoms with Gasteiger partial charge in [0.25, 0.3) is 0 Å². The van der Waals surface area contributed by atoms with Crippen molar-refractivity contribution in [2.75, 3.05) is 13.7 Å². The standard InChI is InChI=1S/C17H17NO4/c1-20-13-5-2-11(3-6-13)12-4-7-14-15(22-17(18)19)8-9-21-16(14)10-12/h2-7,10,15H,8-9H2,1H3,(H2,18,19). The minimum Gasteiger partial charge on any atom is -0.497 e. The number of benzene rings is 2. The molecule has 2 aromatic carbocycles. The van der Waals surface area contributed by atoms with Crippen LogP contribution in [0.5, 0.6) is 11.5 Å². The lowest BCUT2D eigenvalue weighted by Gasteiger charge is -2.25. The molecule has 3 rings (SSSR count). The molecule has 0 saturated carbocycles. The van der Waals surface area contributed by atoms with Crippen molar-refractivity contribution in [2.45, 2.75) is 12.5 Å². The summed E-state index contributed by atoms with van der Waals surface area (Å²) in [6.45, 7) is 0.497. The monoisotopic (exact) mass is 299 g/mol. The van der Waals surface area contributed by atoms with Crippen LogP contribution in [0.2, 0.25) is 0 Å². The number of ether oxygens (including phenoxy) is 3. The molecule has 0 spiro atoms. The molecule has 1 unspecified atom stereocenters. The van der Waals surface area contributed by atoms with E-state index in [4.69, 9.17) is 19.9 Å². The average Bonchev–Trinajstić information content (AvgIpc) is 2.54. The first-order valence-corrected chi connectivity index (χ1v) is 7.04. The molecule has 1 amide bonds. The number of methoxy groups -OCH3 is 1. The lowest BCUT2D eigenvalue weighted by atomic mass is 9.98. The topological polar surface area (TPSA) is 70.8 Å². The van der Waals surface area contributed by atoms with Gasteiger partial charge in [-0.25, -0.2) is 4.79 Å². The Hall–Kier alpha value is -2.69. The number of primary amides is 1. The van der Waals surface area contributed by atoms with E-state index >= 15 is 0 Å². The summed E-state index contributed by atoms with van der Waals surface area (Å²) in [5.41, 5.74) is 8.05. The van der Waals surface area contributed by atoms with Gasteiger partial charge >= 0.3 is 6.09 Å². The van der Waals surface area contributed by atoms with Gasteiger partial charge in [0.15, 0.2) is 0 Å². The first-order valence-electron chi connectivity index (χ1n) is 7.04. The minimum absolute atomic E-state index is 0.342. The van der Waals surface area contributed by atoms with E-state index in [0.717, 1.165) is 28.2 Å². The molecule has 5 heteroatoms. The predicted octanol–water partition coefficient (Wildman–Crippen LogP) is 3.28. The summed E-state index contributed by atoms with van der Waals surface area (Å²) < 4.78 is 16.0. The quantitative estimate of drug-likeness (QED) is 0.944. The Labute approximate surface area is 128 Å². The van der Waals surface area contributed by atoms with Gasteiger partial charge in [-0.3, -0.25) is 0 Å². The number of hydrogen-bond acceptors (Lipinski definition) is 4. The summed E-state index contributed by atoms with van der Waals surface area (Å²) in [6.07, 6.45) is -0.499. The van der Waals surface area contributed by atoms with Gasteiger partial charge in [0.05, 0.1) is 13.7 Å². The molecule has 1 aliphatic rings. The molecular weight excluding hydrogens is 282 g/mol. The highest BCUT2D eigenvalue weighted by atomic mass is 16.6. The highest BCUT2D eigenvalue weighted by molar-refractivity contribution is 5.68. The molecule has 0 bridgehead atoms. The smallest absolute Gasteiger partial charge is 0.405 e. The highest BCUT2D eigenvalue weighted by Gasteiger charge is 2.24. The number of fused-ring (bicyclic) bond motifs is 1. The fourth-order valence-electron chi connectivity index (χ4n) is 2.58. The number of carbonyl (C=O) groups excluding carboxylic acids is 1. The van der Waals surface area contributed by atoms with E-state index in [1.165, 1.54) is 0 Å². The summed E-state index contributed by atoms with van der Waals surface area (Å²) >= 11 is 0. The van der Waals surface area contributed by atoms with Gasteiger partial charge in [-0.15, -0.1) is 0 Å². The number of nitrogens with two attached hydrogens (primary N) is 1. The third-order valence-corrected chi connectivity index (χ3v) is 3.68. The molecule has 0 aliphatic carbocycles. The molecule has 2 N–H and O–H groups in total. The highest BCUT2D eigenvalue weighted by Crippen LogP contribution is 2.37. The van der Waals surface area contributed by atoms with Gasteiger partial charge in [0, 0.05) is 12.0 Å². The molecule has 1 atom stereocenters. The van der Waals surface area contributed by atoms with Gasteiger partial charge in [-0.1, -0.05) is 24.3 Å². The molecule has 0 aromatic heterocycles. The van der Waals surface area contributed by atoms with Crippen LogP contribution < -0.4 is 15.2 Å². The van der Waals surface area contributed by atoms with Crippen molar-refractivity contribution in [2.24, 2.45) is 5.73 Å². The van der Waals surface area contributed by atoms with Crippen molar-refractivity contribution in [3.05, 3.63) is 48.0 Å². The maximum absolute atomic E-state index is 11.0. The molecule has 114 valence electrons. The van der Waals surface area contributed by atoms with Crippen LogP contribution in [-0.4, -0.2) is 19.8 Å². The van der Waals surface area contributed by atoms with E-state index in [-0.39, 0.29) is 6.10 Å². The van der Waals surface area contributed by atoms with Crippen LogP contribution in [0.3, 0.4) is 0 Å². The van der Waals surface area contributed by atoms with Crippen LogP contribution in [0.4, 0.5) is 4.79 Å². The summed E-state index contributed by atoms with van der Waals surface area (Å²) in [6, 6.07) is 13.6. The third kappa shape index (κ3) is 2.83. The van der Waals surface area contributed by atoms with Crippen molar-refractivity contribution < 1.29 is 19.0 Å². The second-order valence-electron chi connectivity index (χ2n) is 5.04. The normalized spacial score (nSPS) is 16.3. The molecule has 1 aliphatic heterocycles.